The number of hydrogen-bond donors (Lipinski definition) is 1. The Morgan fingerprint density at radius 1 is 1.06 bits per heavy atom. The van der Waals surface area contributed by atoms with E-state index in [0.717, 1.165) is 16.7 Å². The first-order chi connectivity index (χ1) is 15.3. The minimum atomic E-state index is -0.877. The number of ketones is 1. The van der Waals surface area contributed by atoms with Gasteiger partial charge in [0.15, 0.2) is 0 Å². The first-order valence-corrected chi connectivity index (χ1v) is 10.5. The predicted octanol–water partition coefficient (Wildman–Crippen LogP) is 5.23. The summed E-state index contributed by atoms with van der Waals surface area (Å²) in [5.41, 5.74) is 3.74. The lowest BCUT2D eigenvalue weighted by molar-refractivity contribution is -0.132. The quantitative estimate of drug-likeness (QED) is 0.340. The summed E-state index contributed by atoms with van der Waals surface area (Å²) in [4.78, 5) is 27.7. The van der Waals surface area contributed by atoms with Gasteiger partial charge >= 0.3 is 0 Å². The van der Waals surface area contributed by atoms with E-state index < -0.39 is 17.7 Å². The molecule has 6 nitrogen and oxygen atoms in total. The number of ether oxygens (including phenoxy) is 1. The highest BCUT2D eigenvalue weighted by atomic mass is 16.5. The molecule has 164 valence electrons. The maximum absolute atomic E-state index is 13.2. The first-order valence-electron chi connectivity index (χ1n) is 10.5. The Hall–Kier alpha value is -3.80. The lowest BCUT2D eigenvalue weighted by Crippen LogP contribution is -2.29. The van der Waals surface area contributed by atoms with Gasteiger partial charge in [0, 0.05) is 11.3 Å². The molecule has 1 aliphatic heterocycles. The molecule has 0 spiro atoms. The summed E-state index contributed by atoms with van der Waals surface area (Å²) in [6.45, 7) is 8.13. The molecule has 0 bridgehead atoms. The van der Waals surface area contributed by atoms with E-state index in [-0.39, 0.29) is 11.3 Å². The van der Waals surface area contributed by atoms with Gasteiger partial charge in [-0.1, -0.05) is 6.07 Å². The number of anilines is 1. The van der Waals surface area contributed by atoms with Gasteiger partial charge < -0.3 is 14.3 Å². The molecular formula is C26H25NO5. The van der Waals surface area contributed by atoms with E-state index in [2.05, 4.69) is 0 Å². The van der Waals surface area contributed by atoms with Crippen LogP contribution >= 0.6 is 0 Å². The Bertz CT molecular complexity index is 1200. The Balaban J connectivity index is 1.90. The Morgan fingerprint density at radius 2 is 1.78 bits per heavy atom. The number of benzene rings is 2. The molecule has 3 aromatic rings. The average Bonchev–Trinajstić information content (AvgIpc) is 3.35. The molecule has 1 amide bonds. The Labute approximate surface area is 186 Å². The summed E-state index contributed by atoms with van der Waals surface area (Å²) in [7, 11) is 0. The van der Waals surface area contributed by atoms with Gasteiger partial charge in [-0.05, 0) is 86.8 Å². The second kappa shape index (κ2) is 8.38. The molecule has 1 aromatic heterocycles. The number of aliphatic hydroxyl groups excluding tert-OH is 1. The van der Waals surface area contributed by atoms with Crippen molar-refractivity contribution >= 4 is 23.1 Å². The highest BCUT2D eigenvalue weighted by molar-refractivity contribution is 6.51. The zero-order valence-corrected chi connectivity index (χ0v) is 18.5. The molecule has 1 atom stereocenters. The van der Waals surface area contributed by atoms with E-state index >= 15 is 0 Å². The molecule has 1 unspecified atom stereocenters. The molecule has 1 saturated heterocycles. The molecular weight excluding hydrogens is 406 g/mol. The number of furan rings is 1. The number of nitrogens with zero attached hydrogens (tertiary/aromatic N) is 1. The fourth-order valence-corrected chi connectivity index (χ4v) is 4.17. The summed E-state index contributed by atoms with van der Waals surface area (Å²) in [6.07, 6.45) is 1.48. The molecule has 6 heteroatoms. The normalized spacial score (nSPS) is 17.8. The van der Waals surface area contributed by atoms with E-state index in [1.165, 1.54) is 11.2 Å². The standard InChI is InChI=1S/C26H25NO5/c1-5-31-20-9-8-18(14-17(20)4)24(28)22-23(21-7-6-10-32-21)27(26(30)25(22)29)19-12-15(2)11-16(3)13-19/h6-14,23,28H,5H2,1-4H3/b24-22-. The van der Waals surface area contributed by atoms with Gasteiger partial charge in [0.05, 0.1) is 18.4 Å². The number of aliphatic hydroxyl groups is 1. The van der Waals surface area contributed by atoms with E-state index in [1.807, 2.05) is 45.9 Å². The van der Waals surface area contributed by atoms with Crippen molar-refractivity contribution in [1.29, 1.82) is 0 Å². The third-order valence-electron chi connectivity index (χ3n) is 5.49. The molecule has 1 aliphatic rings. The largest absolute Gasteiger partial charge is 0.507 e. The third-order valence-corrected chi connectivity index (χ3v) is 5.49. The molecule has 0 saturated carbocycles. The van der Waals surface area contributed by atoms with Crippen molar-refractivity contribution in [2.24, 2.45) is 0 Å². The zero-order valence-electron chi connectivity index (χ0n) is 18.5. The summed E-state index contributed by atoms with van der Waals surface area (Å²) in [5, 5.41) is 11.2. The number of carbonyl (C=O) groups excluding carboxylic acids is 2. The number of amides is 1. The molecule has 0 aliphatic carbocycles. The van der Waals surface area contributed by atoms with Gasteiger partial charge in [-0.2, -0.15) is 0 Å². The van der Waals surface area contributed by atoms with Crippen molar-refractivity contribution in [3.8, 4) is 5.75 Å². The number of hydrogen-bond acceptors (Lipinski definition) is 5. The van der Waals surface area contributed by atoms with Gasteiger partial charge in [0.1, 0.15) is 23.3 Å². The van der Waals surface area contributed by atoms with Crippen LogP contribution in [0.4, 0.5) is 5.69 Å². The summed E-state index contributed by atoms with van der Waals surface area (Å²) in [6, 6.07) is 13.4. The van der Waals surface area contributed by atoms with Gasteiger partial charge in [0.2, 0.25) is 0 Å². The highest BCUT2D eigenvalue weighted by Crippen LogP contribution is 2.43. The smallest absolute Gasteiger partial charge is 0.300 e. The van der Waals surface area contributed by atoms with E-state index in [0.29, 0.717) is 29.4 Å². The first kappa shape index (κ1) is 21.4. The van der Waals surface area contributed by atoms with Crippen LogP contribution < -0.4 is 9.64 Å². The Kier molecular flexibility index (Phi) is 5.61. The SMILES string of the molecule is CCOc1ccc(/C(O)=C2/C(=O)C(=O)N(c3cc(C)cc(C)c3)C2c2ccco2)cc1C. The zero-order chi connectivity index (χ0) is 23.0. The van der Waals surface area contributed by atoms with Crippen molar-refractivity contribution in [2.45, 2.75) is 33.7 Å². The summed E-state index contributed by atoms with van der Waals surface area (Å²) < 4.78 is 11.2. The minimum Gasteiger partial charge on any atom is -0.507 e. The molecule has 2 aromatic carbocycles. The fraction of sp³-hybridized carbons (Fsp3) is 0.231. The maximum atomic E-state index is 13.2. The van der Waals surface area contributed by atoms with Crippen molar-refractivity contribution in [3.05, 3.63) is 88.4 Å². The van der Waals surface area contributed by atoms with Gasteiger partial charge in [-0.25, -0.2) is 0 Å². The van der Waals surface area contributed by atoms with Gasteiger partial charge in [-0.15, -0.1) is 0 Å². The van der Waals surface area contributed by atoms with Crippen LogP contribution in [0.2, 0.25) is 0 Å². The third kappa shape index (κ3) is 3.68. The van der Waals surface area contributed by atoms with Gasteiger partial charge in [-0.3, -0.25) is 14.5 Å². The van der Waals surface area contributed by atoms with Crippen LogP contribution in [0, 0.1) is 20.8 Å². The minimum absolute atomic E-state index is 0.00679. The number of Topliss-reactive ketones (excluding diaryl/α,β-unsaturated/α-hetero) is 1. The molecule has 32 heavy (non-hydrogen) atoms. The van der Waals surface area contributed by atoms with Gasteiger partial charge in [0.25, 0.3) is 11.7 Å². The monoisotopic (exact) mass is 431 g/mol. The summed E-state index contributed by atoms with van der Waals surface area (Å²) in [5.74, 6) is -0.618. The number of rotatable bonds is 5. The van der Waals surface area contributed by atoms with Crippen molar-refractivity contribution in [1.82, 2.24) is 0 Å². The number of aryl methyl sites for hydroxylation is 3. The molecule has 0 radical (unpaired) electrons. The van der Waals surface area contributed by atoms with E-state index in [1.54, 1.807) is 30.3 Å². The van der Waals surface area contributed by atoms with E-state index in [9.17, 15) is 14.7 Å². The van der Waals surface area contributed by atoms with Crippen LogP contribution in [-0.2, 0) is 9.59 Å². The van der Waals surface area contributed by atoms with Crippen LogP contribution in [0.5, 0.6) is 5.75 Å². The topological polar surface area (TPSA) is 80.0 Å². The summed E-state index contributed by atoms with van der Waals surface area (Å²) >= 11 is 0. The lowest BCUT2D eigenvalue weighted by atomic mass is 9.98. The van der Waals surface area contributed by atoms with Crippen molar-refractivity contribution < 1.29 is 23.8 Å². The second-order valence-corrected chi connectivity index (χ2v) is 7.94. The van der Waals surface area contributed by atoms with Crippen LogP contribution in [0.25, 0.3) is 5.76 Å². The molecule has 1 fully saturated rings. The molecule has 4 rings (SSSR count). The molecule has 2 heterocycles. The second-order valence-electron chi connectivity index (χ2n) is 7.94. The van der Waals surface area contributed by atoms with Crippen LogP contribution in [-0.4, -0.2) is 23.4 Å². The fourth-order valence-electron chi connectivity index (χ4n) is 4.17. The van der Waals surface area contributed by atoms with Crippen LogP contribution in [0.1, 0.15) is 41.0 Å². The highest BCUT2D eigenvalue weighted by Gasteiger charge is 2.48. The molecule has 1 N–H and O–H groups in total. The Morgan fingerprint density at radius 3 is 2.38 bits per heavy atom. The van der Waals surface area contributed by atoms with Crippen molar-refractivity contribution in [3.63, 3.8) is 0 Å². The predicted molar refractivity (Wildman–Crippen MR) is 122 cm³/mol. The van der Waals surface area contributed by atoms with E-state index in [4.69, 9.17) is 9.15 Å². The van der Waals surface area contributed by atoms with Crippen LogP contribution in [0.15, 0.2) is 64.8 Å². The average molecular weight is 431 g/mol. The number of carbonyl (C=O) groups is 2. The lowest BCUT2D eigenvalue weighted by Gasteiger charge is -2.24. The van der Waals surface area contributed by atoms with Crippen LogP contribution in [0.3, 0.4) is 0 Å². The van der Waals surface area contributed by atoms with Crippen molar-refractivity contribution in [2.75, 3.05) is 11.5 Å². The maximum Gasteiger partial charge on any atom is 0.300 e.